The van der Waals surface area contributed by atoms with Gasteiger partial charge in [-0.3, -0.25) is 0 Å². The quantitative estimate of drug-likeness (QED) is 0.815. The van der Waals surface area contributed by atoms with Crippen LogP contribution in [0.3, 0.4) is 0 Å². The van der Waals surface area contributed by atoms with E-state index in [0.717, 1.165) is 27.6 Å². The van der Waals surface area contributed by atoms with Gasteiger partial charge in [-0.05, 0) is 44.5 Å². The first-order valence-electron chi connectivity index (χ1n) is 6.86. The molecule has 1 N–H and O–H groups in total. The van der Waals surface area contributed by atoms with Gasteiger partial charge in [-0.2, -0.15) is 0 Å². The molecule has 0 aliphatic heterocycles. The number of nitrogens with one attached hydrogen (secondary N) is 1. The number of para-hydroxylation sites is 1. The molecule has 1 atom stereocenters. The van der Waals surface area contributed by atoms with Crippen molar-refractivity contribution in [3.63, 3.8) is 0 Å². The van der Waals surface area contributed by atoms with Gasteiger partial charge in [0.15, 0.2) is 0 Å². The Morgan fingerprint density at radius 2 is 1.90 bits per heavy atom. The van der Waals surface area contributed by atoms with Gasteiger partial charge in [-0.15, -0.1) is 0 Å². The van der Waals surface area contributed by atoms with Crippen molar-refractivity contribution >= 4 is 17.3 Å². The van der Waals surface area contributed by atoms with E-state index < -0.39 is 0 Å². The second-order valence-corrected chi connectivity index (χ2v) is 5.16. The minimum absolute atomic E-state index is 0.148. The van der Waals surface area contributed by atoms with Gasteiger partial charge in [0.1, 0.15) is 5.75 Å². The van der Waals surface area contributed by atoms with Gasteiger partial charge >= 0.3 is 0 Å². The standard InChI is InChI=1S/C17H20ClNO/c1-4-20-17-11-6-5-8-14(17)13(3)19-16-10-7-9-15(18)12(16)2/h5-11,13,19H,4H2,1-3H3. The third-order valence-electron chi connectivity index (χ3n) is 3.33. The molecule has 0 saturated heterocycles. The van der Waals surface area contributed by atoms with Crippen molar-refractivity contribution in [3.8, 4) is 5.75 Å². The molecule has 2 aromatic carbocycles. The summed E-state index contributed by atoms with van der Waals surface area (Å²) in [6.07, 6.45) is 0. The first-order chi connectivity index (χ1) is 9.63. The van der Waals surface area contributed by atoms with Crippen LogP contribution in [0.4, 0.5) is 5.69 Å². The van der Waals surface area contributed by atoms with E-state index in [4.69, 9.17) is 16.3 Å². The smallest absolute Gasteiger partial charge is 0.124 e. The lowest BCUT2D eigenvalue weighted by Crippen LogP contribution is -2.09. The number of rotatable bonds is 5. The summed E-state index contributed by atoms with van der Waals surface area (Å²) in [5.74, 6) is 0.926. The highest BCUT2D eigenvalue weighted by atomic mass is 35.5. The summed E-state index contributed by atoms with van der Waals surface area (Å²) in [6.45, 7) is 6.81. The average Bonchev–Trinajstić information content (AvgIpc) is 2.45. The van der Waals surface area contributed by atoms with Gasteiger partial charge in [0.2, 0.25) is 0 Å². The van der Waals surface area contributed by atoms with Crippen LogP contribution < -0.4 is 10.1 Å². The van der Waals surface area contributed by atoms with E-state index in [1.54, 1.807) is 0 Å². The summed E-state index contributed by atoms with van der Waals surface area (Å²) >= 11 is 6.16. The maximum atomic E-state index is 6.16. The van der Waals surface area contributed by atoms with E-state index in [0.29, 0.717) is 6.61 Å². The molecule has 0 heterocycles. The van der Waals surface area contributed by atoms with Crippen molar-refractivity contribution in [2.24, 2.45) is 0 Å². The van der Waals surface area contributed by atoms with Gasteiger partial charge in [-0.25, -0.2) is 0 Å². The number of hydrogen-bond acceptors (Lipinski definition) is 2. The van der Waals surface area contributed by atoms with Gasteiger partial charge in [-0.1, -0.05) is 35.9 Å². The molecule has 0 radical (unpaired) electrons. The molecule has 2 rings (SSSR count). The van der Waals surface area contributed by atoms with Crippen molar-refractivity contribution in [2.75, 3.05) is 11.9 Å². The molecule has 0 saturated carbocycles. The summed E-state index contributed by atoms with van der Waals surface area (Å²) in [6, 6.07) is 14.2. The number of hydrogen-bond donors (Lipinski definition) is 1. The molecular formula is C17H20ClNO. The Bertz CT molecular complexity index is 583. The van der Waals surface area contributed by atoms with Crippen LogP contribution in [0.15, 0.2) is 42.5 Å². The van der Waals surface area contributed by atoms with E-state index in [1.807, 2.05) is 50.2 Å². The second-order valence-electron chi connectivity index (χ2n) is 4.75. The number of benzene rings is 2. The molecule has 0 aliphatic rings. The van der Waals surface area contributed by atoms with E-state index in [2.05, 4.69) is 18.3 Å². The van der Waals surface area contributed by atoms with Gasteiger partial charge < -0.3 is 10.1 Å². The number of ether oxygens (including phenoxy) is 1. The molecule has 0 fully saturated rings. The third kappa shape index (κ3) is 3.26. The third-order valence-corrected chi connectivity index (χ3v) is 3.73. The highest BCUT2D eigenvalue weighted by molar-refractivity contribution is 6.31. The van der Waals surface area contributed by atoms with E-state index >= 15 is 0 Å². The number of halogens is 1. The van der Waals surface area contributed by atoms with Crippen molar-refractivity contribution in [1.29, 1.82) is 0 Å². The molecule has 0 aliphatic carbocycles. The monoisotopic (exact) mass is 289 g/mol. The maximum absolute atomic E-state index is 6.16. The molecular weight excluding hydrogens is 270 g/mol. The summed E-state index contributed by atoms with van der Waals surface area (Å²) in [4.78, 5) is 0. The Kier molecular flexibility index (Phi) is 4.91. The zero-order valence-corrected chi connectivity index (χ0v) is 12.9. The Balaban J connectivity index is 2.24. The van der Waals surface area contributed by atoms with Crippen LogP contribution in [0.2, 0.25) is 5.02 Å². The lowest BCUT2D eigenvalue weighted by atomic mass is 10.1. The minimum atomic E-state index is 0.148. The maximum Gasteiger partial charge on any atom is 0.124 e. The van der Waals surface area contributed by atoms with Crippen molar-refractivity contribution in [1.82, 2.24) is 0 Å². The molecule has 0 amide bonds. The summed E-state index contributed by atoms with van der Waals surface area (Å²) in [5, 5.41) is 4.28. The molecule has 0 bridgehead atoms. The highest BCUT2D eigenvalue weighted by Crippen LogP contribution is 2.30. The van der Waals surface area contributed by atoms with Crippen LogP contribution in [-0.2, 0) is 0 Å². The van der Waals surface area contributed by atoms with E-state index in [-0.39, 0.29) is 6.04 Å². The lowest BCUT2D eigenvalue weighted by Gasteiger charge is -2.20. The zero-order valence-electron chi connectivity index (χ0n) is 12.1. The predicted molar refractivity (Wildman–Crippen MR) is 85.8 cm³/mol. The summed E-state index contributed by atoms with van der Waals surface area (Å²) in [7, 11) is 0. The fourth-order valence-electron chi connectivity index (χ4n) is 2.20. The lowest BCUT2D eigenvalue weighted by molar-refractivity contribution is 0.335. The second kappa shape index (κ2) is 6.67. The first kappa shape index (κ1) is 14.7. The topological polar surface area (TPSA) is 21.3 Å². The van der Waals surface area contributed by atoms with E-state index in [9.17, 15) is 0 Å². The molecule has 20 heavy (non-hydrogen) atoms. The fourth-order valence-corrected chi connectivity index (χ4v) is 2.37. The zero-order chi connectivity index (χ0) is 14.5. The van der Waals surface area contributed by atoms with Gasteiger partial charge in [0.05, 0.1) is 12.6 Å². The van der Waals surface area contributed by atoms with Crippen LogP contribution in [-0.4, -0.2) is 6.61 Å². The molecule has 0 aromatic heterocycles. The van der Waals surface area contributed by atoms with Crippen molar-refractivity contribution in [2.45, 2.75) is 26.8 Å². The Hall–Kier alpha value is -1.67. The van der Waals surface area contributed by atoms with Crippen LogP contribution in [0.25, 0.3) is 0 Å². The summed E-state index contributed by atoms with van der Waals surface area (Å²) in [5.41, 5.74) is 3.26. The molecule has 0 spiro atoms. The largest absolute Gasteiger partial charge is 0.494 e. The minimum Gasteiger partial charge on any atom is -0.494 e. The molecule has 3 heteroatoms. The van der Waals surface area contributed by atoms with Crippen LogP contribution >= 0.6 is 11.6 Å². The van der Waals surface area contributed by atoms with Crippen LogP contribution in [0.1, 0.15) is 31.0 Å². The number of anilines is 1. The SMILES string of the molecule is CCOc1ccccc1C(C)Nc1cccc(Cl)c1C. The predicted octanol–water partition coefficient (Wildman–Crippen LogP) is 5.22. The highest BCUT2D eigenvalue weighted by Gasteiger charge is 2.12. The van der Waals surface area contributed by atoms with Gasteiger partial charge in [0, 0.05) is 16.3 Å². The Morgan fingerprint density at radius 3 is 2.65 bits per heavy atom. The normalized spacial score (nSPS) is 12.0. The molecule has 1 unspecified atom stereocenters. The average molecular weight is 290 g/mol. The molecule has 2 aromatic rings. The Labute approximate surface area is 125 Å². The van der Waals surface area contributed by atoms with Crippen molar-refractivity contribution < 1.29 is 4.74 Å². The Morgan fingerprint density at radius 1 is 1.15 bits per heavy atom. The van der Waals surface area contributed by atoms with Crippen LogP contribution in [0.5, 0.6) is 5.75 Å². The molecule has 106 valence electrons. The van der Waals surface area contributed by atoms with Gasteiger partial charge in [0.25, 0.3) is 0 Å². The molecule has 2 nitrogen and oxygen atoms in total. The van der Waals surface area contributed by atoms with Crippen molar-refractivity contribution in [3.05, 3.63) is 58.6 Å². The fraction of sp³-hybridized carbons (Fsp3) is 0.294. The summed E-state index contributed by atoms with van der Waals surface area (Å²) < 4.78 is 5.68. The first-order valence-corrected chi connectivity index (χ1v) is 7.24. The van der Waals surface area contributed by atoms with Crippen LogP contribution in [0, 0.1) is 6.92 Å². The van der Waals surface area contributed by atoms with E-state index in [1.165, 1.54) is 0 Å².